The molecule has 1 N–H and O–H groups in total. The summed E-state index contributed by atoms with van der Waals surface area (Å²) in [5, 5.41) is 2.97. The largest absolute Gasteiger partial charge is 0.324 e. The van der Waals surface area contributed by atoms with Crippen molar-refractivity contribution in [2.45, 2.75) is 37.5 Å². The highest BCUT2D eigenvalue weighted by Gasteiger charge is 2.24. The van der Waals surface area contributed by atoms with Crippen LogP contribution < -0.4 is 5.32 Å². The van der Waals surface area contributed by atoms with Crippen LogP contribution >= 0.6 is 22.3 Å². The fourth-order valence-corrected chi connectivity index (χ4v) is 3.65. The third-order valence-corrected chi connectivity index (χ3v) is 5.15. The van der Waals surface area contributed by atoms with Crippen LogP contribution in [-0.4, -0.2) is 14.3 Å². The molecule has 0 saturated heterocycles. The molecule has 0 unspecified atom stereocenters. The minimum absolute atomic E-state index is 0.0157. The van der Waals surface area contributed by atoms with E-state index in [9.17, 15) is 13.2 Å². The van der Waals surface area contributed by atoms with Crippen LogP contribution in [0, 0.1) is 12.8 Å². The summed E-state index contributed by atoms with van der Waals surface area (Å²) in [6.07, 6.45) is 3.90. The number of carbonyl (C=O) groups excluding carboxylic acids is 1. The summed E-state index contributed by atoms with van der Waals surface area (Å²) in [5.74, 6) is -0.0455. The van der Waals surface area contributed by atoms with Crippen LogP contribution in [-0.2, 0) is 13.8 Å². The molecule has 0 bridgehead atoms. The zero-order chi connectivity index (χ0) is 14.9. The Morgan fingerprint density at radius 1 is 1.30 bits per heavy atom. The fraction of sp³-hybridized carbons (Fsp3) is 0.462. The smallest absolute Gasteiger partial charge is 0.261 e. The molecular formula is C13H15Cl2NO3S. The number of anilines is 1. The van der Waals surface area contributed by atoms with Crippen molar-refractivity contribution in [2.75, 3.05) is 5.32 Å². The zero-order valence-electron chi connectivity index (χ0n) is 10.9. The lowest BCUT2D eigenvalue weighted by atomic mass is 10.1. The monoisotopic (exact) mass is 335 g/mol. The predicted octanol–water partition coefficient (Wildman–Crippen LogP) is 3.70. The highest BCUT2D eigenvalue weighted by molar-refractivity contribution is 8.13. The summed E-state index contributed by atoms with van der Waals surface area (Å²) in [5.41, 5.74) is 1.02. The van der Waals surface area contributed by atoms with Gasteiger partial charge in [-0.05, 0) is 37.5 Å². The van der Waals surface area contributed by atoms with Crippen molar-refractivity contribution in [3.05, 3.63) is 22.7 Å². The van der Waals surface area contributed by atoms with Crippen LogP contribution in [0.1, 0.15) is 31.2 Å². The average Bonchev–Trinajstić information content (AvgIpc) is 2.85. The molecule has 0 atom stereocenters. The SMILES string of the molecule is Cc1cc(S(=O)(=O)Cl)cc(Cl)c1NC(=O)C1CCCC1. The Labute approximate surface area is 127 Å². The van der Waals surface area contributed by atoms with Gasteiger partial charge in [-0.25, -0.2) is 8.42 Å². The number of nitrogens with one attached hydrogen (secondary N) is 1. The molecule has 0 radical (unpaired) electrons. The number of benzene rings is 1. The van der Waals surface area contributed by atoms with Crippen LogP contribution in [0.3, 0.4) is 0 Å². The van der Waals surface area contributed by atoms with Gasteiger partial charge < -0.3 is 5.32 Å². The van der Waals surface area contributed by atoms with Crippen molar-refractivity contribution in [1.82, 2.24) is 0 Å². The number of aryl methyl sites for hydroxylation is 1. The van der Waals surface area contributed by atoms with E-state index >= 15 is 0 Å². The van der Waals surface area contributed by atoms with E-state index in [1.807, 2.05) is 0 Å². The maximum atomic E-state index is 12.1. The normalized spacial score (nSPS) is 16.4. The third kappa shape index (κ3) is 3.45. The minimum Gasteiger partial charge on any atom is -0.324 e. The van der Waals surface area contributed by atoms with Gasteiger partial charge in [0.05, 0.1) is 15.6 Å². The molecule has 4 nitrogen and oxygen atoms in total. The Morgan fingerprint density at radius 2 is 1.90 bits per heavy atom. The van der Waals surface area contributed by atoms with Crippen molar-refractivity contribution < 1.29 is 13.2 Å². The molecule has 0 aliphatic heterocycles. The van der Waals surface area contributed by atoms with Crippen LogP contribution in [0.2, 0.25) is 5.02 Å². The molecule has 1 aromatic carbocycles. The van der Waals surface area contributed by atoms with Crippen molar-refractivity contribution >= 4 is 42.9 Å². The van der Waals surface area contributed by atoms with Gasteiger partial charge in [0, 0.05) is 16.6 Å². The summed E-state index contributed by atoms with van der Waals surface area (Å²) in [6, 6.07) is 2.65. The molecule has 0 heterocycles. The first kappa shape index (κ1) is 15.6. The third-order valence-electron chi connectivity index (χ3n) is 3.52. The van der Waals surface area contributed by atoms with Gasteiger partial charge in [0.15, 0.2) is 0 Å². The predicted molar refractivity (Wildman–Crippen MR) is 79.8 cm³/mol. The number of amides is 1. The second-order valence-electron chi connectivity index (χ2n) is 5.01. The molecule has 110 valence electrons. The Morgan fingerprint density at radius 3 is 2.40 bits per heavy atom. The first-order chi connectivity index (χ1) is 9.29. The van der Waals surface area contributed by atoms with Gasteiger partial charge in [0.1, 0.15) is 0 Å². The maximum absolute atomic E-state index is 12.1. The van der Waals surface area contributed by atoms with Gasteiger partial charge in [-0.2, -0.15) is 0 Å². The first-order valence-electron chi connectivity index (χ1n) is 6.34. The molecule has 1 fully saturated rings. The molecule has 1 aromatic rings. The number of carbonyl (C=O) groups is 1. The number of halogens is 2. The molecule has 1 saturated carbocycles. The van der Waals surface area contributed by atoms with E-state index in [-0.39, 0.29) is 21.7 Å². The van der Waals surface area contributed by atoms with Crippen molar-refractivity contribution in [3.8, 4) is 0 Å². The van der Waals surface area contributed by atoms with Crippen LogP contribution in [0.4, 0.5) is 5.69 Å². The Balaban J connectivity index is 2.26. The Hall–Kier alpha value is -0.780. The molecule has 1 aliphatic carbocycles. The summed E-state index contributed by atoms with van der Waals surface area (Å²) in [7, 11) is 1.46. The van der Waals surface area contributed by atoms with Crippen molar-refractivity contribution in [2.24, 2.45) is 5.92 Å². The summed E-state index contributed by atoms with van der Waals surface area (Å²) in [4.78, 5) is 12.0. The van der Waals surface area contributed by atoms with Gasteiger partial charge in [-0.1, -0.05) is 24.4 Å². The number of hydrogen-bond acceptors (Lipinski definition) is 3. The van der Waals surface area contributed by atoms with E-state index in [4.69, 9.17) is 22.3 Å². The summed E-state index contributed by atoms with van der Waals surface area (Å²) in [6.45, 7) is 1.68. The van der Waals surface area contributed by atoms with E-state index in [1.54, 1.807) is 6.92 Å². The second kappa shape index (κ2) is 5.92. The average molecular weight is 336 g/mol. The quantitative estimate of drug-likeness (QED) is 0.856. The first-order valence-corrected chi connectivity index (χ1v) is 9.03. The molecular weight excluding hydrogens is 321 g/mol. The highest BCUT2D eigenvalue weighted by Crippen LogP contribution is 2.32. The maximum Gasteiger partial charge on any atom is 0.261 e. The molecule has 0 spiro atoms. The van der Waals surface area contributed by atoms with E-state index in [0.717, 1.165) is 25.7 Å². The van der Waals surface area contributed by atoms with Gasteiger partial charge in [-0.3, -0.25) is 4.79 Å². The second-order valence-corrected chi connectivity index (χ2v) is 7.98. The molecule has 0 aromatic heterocycles. The number of rotatable bonds is 3. The van der Waals surface area contributed by atoms with Crippen LogP contribution in [0.25, 0.3) is 0 Å². The molecule has 7 heteroatoms. The minimum atomic E-state index is -3.83. The fourth-order valence-electron chi connectivity index (χ4n) is 2.42. The van der Waals surface area contributed by atoms with Gasteiger partial charge >= 0.3 is 0 Å². The van der Waals surface area contributed by atoms with Gasteiger partial charge in [-0.15, -0.1) is 0 Å². The van der Waals surface area contributed by atoms with Crippen molar-refractivity contribution in [3.63, 3.8) is 0 Å². The lowest BCUT2D eigenvalue weighted by Crippen LogP contribution is -2.21. The molecule has 2 rings (SSSR count). The Bertz CT molecular complexity index is 614. The van der Waals surface area contributed by atoms with Crippen LogP contribution in [0.5, 0.6) is 0 Å². The molecule has 20 heavy (non-hydrogen) atoms. The van der Waals surface area contributed by atoms with E-state index in [1.165, 1.54) is 12.1 Å². The highest BCUT2D eigenvalue weighted by atomic mass is 35.7. The van der Waals surface area contributed by atoms with Crippen LogP contribution in [0.15, 0.2) is 17.0 Å². The summed E-state index contributed by atoms with van der Waals surface area (Å²) >= 11 is 6.05. The molecule has 1 amide bonds. The lowest BCUT2D eigenvalue weighted by molar-refractivity contribution is -0.119. The summed E-state index contributed by atoms with van der Waals surface area (Å²) < 4.78 is 22.6. The van der Waals surface area contributed by atoms with Gasteiger partial charge in [0.2, 0.25) is 5.91 Å². The van der Waals surface area contributed by atoms with Crippen molar-refractivity contribution in [1.29, 1.82) is 0 Å². The lowest BCUT2D eigenvalue weighted by Gasteiger charge is -2.14. The van der Waals surface area contributed by atoms with E-state index in [0.29, 0.717) is 11.3 Å². The van der Waals surface area contributed by atoms with Gasteiger partial charge in [0.25, 0.3) is 9.05 Å². The molecule has 1 aliphatic rings. The standard InChI is InChI=1S/C13H15Cl2NO3S/c1-8-6-10(20(15,18)19)7-11(14)12(8)16-13(17)9-4-2-3-5-9/h6-7,9H,2-5H2,1H3,(H,16,17). The zero-order valence-corrected chi connectivity index (χ0v) is 13.3. The van der Waals surface area contributed by atoms with E-state index < -0.39 is 9.05 Å². The van der Waals surface area contributed by atoms with E-state index in [2.05, 4.69) is 5.32 Å². The Kier molecular flexibility index (Phi) is 4.62. The number of hydrogen-bond donors (Lipinski definition) is 1. The topological polar surface area (TPSA) is 63.2 Å².